The van der Waals surface area contributed by atoms with Gasteiger partial charge in [-0.25, -0.2) is 0 Å². The summed E-state index contributed by atoms with van der Waals surface area (Å²) in [5.41, 5.74) is 0. The van der Waals surface area contributed by atoms with Gasteiger partial charge in [0.05, 0.1) is 13.0 Å². The highest BCUT2D eigenvalue weighted by molar-refractivity contribution is 7.99. The number of hydrogen-bond acceptors (Lipinski definition) is 4. The predicted octanol–water partition coefficient (Wildman–Crippen LogP) is 2.13. The molecule has 76 valence electrons. The van der Waals surface area contributed by atoms with Crippen LogP contribution >= 0.6 is 11.8 Å². The van der Waals surface area contributed by atoms with Crippen LogP contribution in [-0.2, 0) is 9.53 Å². The number of esters is 1. The summed E-state index contributed by atoms with van der Waals surface area (Å²) in [6.07, 6.45) is 3.94. The Labute approximate surface area is 87.9 Å². The molecule has 4 heteroatoms. The Morgan fingerprint density at radius 1 is 1.50 bits per heavy atom. The van der Waals surface area contributed by atoms with Gasteiger partial charge in [-0.05, 0) is 19.1 Å². The van der Waals surface area contributed by atoms with Gasteiger partial charge in [0.25, 0.3) is 0 Å². The monoisotopic (exact) mass is 211 g/mol. The zero-order valence-electron chi connectivity index (χ0n) is 8.10. The van der Waals surface area contributed by atoms with E-state index in [0.717, 1.165) is 10.6 Å². The molecule has 0 radical (unpaired) electrons. The van der Waals surface area contributed by atoms with Gasteiger partial charge < -0.3 is 4.74 Å². The average Bonchev–Trinajstić information content (AvgIpc) is 2.20. The number of pyridine rings is 1. The molecule has 0 atom stereocenters. The van der Waals surface area contributed by atoms with Crippen molar-refractivity contribution in [3.8, 4) is 0 Å². The maximum absolute atomic E-state index is 11.0. The van der Waals surface area contributed by atoms with E-state index < -0.39 is 0 Å². The zero-order valence-corrected chi connectivity index (χ0v) is 8.92. The van der Waals surface area contributed by atoms with Crippen LogP contribution < -0.4 is 0 Å². The van der Waals surface area contributed by atoms with Crippen molar-refractivity contribution in [3.05, 3.63) is 24.5 Å². The maximum Gasteiger partial charge on any atom is 0.306 e. The SMILES string of the molecule is CCOC(=O)CCSc1ccncc1. The van der Waals surface area contributed by atoms with Crippen LogP contribution in [0.3, 0.4) is 0 Å². The lowest BCUT2D eigenvalue weighted by atomic mass is 10.5. The second-order valence-electron chi connectivity index (χ2n) is 2.59. The van der Waals surface area contributed by atoms with E-state index in [0.29, 0.717) is 13.0 Å². The van der Waals surface area contributed by atoms with Crippen molar-refractivity contribution in [1.29, 1.82) is 0 Å². The lowest BCUT2D eigenvalue weighted by Crippen LogP contribution is -2.04. The smallest absolute Gasteiger partial charge is 0.306 e. The summed E-state index contributed by atoms with van der Waals surface area (Å²) in [6.45, 7) is 2.27. The number of carbonyl (C=O) groups excluding carboxylic acids is 1. The first-order chi connectivity index (χ1) is 6.83. The van der Waals surface area contributed by atoms with Crippen molar-refractivity contribution < 1.29 is 9.53 Å². The van der Waals surface area contributed by atoms with Gasteiger partial charge in [-0.1, -0.05) is 0 Å². The van der Waals surface area contributed by atoms with E-state index in [-0.39, 0.29) is 5.97 Å². The molecule has 0 aromatic carbocycles. The van der Waals surface area contributed by atoms with Crippen LogP contribution in [0, 0.1) is 0 Å². The summed E-state index contributed by atoms with van der Waals surface area (Å²) >= 11 is 1.63. The van der Waals surface area contributed by atoms with E-state index in [2.05, 4.69) is 4.98 Å². The third kappa shape index (κ3) is 4.28. The van der Waals surface area contributed by atoms with Crippen molar-refractivity contribution in [2.24, 2.45) is 0 Å². The zero-order chi connectivity index (χ0) is 10.2. The third-order valence-corrected chi connectivity index (χ3v) is 2.54. The number of ether oxygens (including phenoxy) is 1. The molecule has 0 amide bonds. The topological polar surface area (TPSA) is 39.2 Å². The Morgan fingerprint density at radius 3 is 2.86 bits per heavy atom. The van der Waals surface area contributed by atoms with Crippen molar-refractivity contribution in [2.45, 2.75) is 18.2 Å². The van der Waals surface area contributed by atoms with Crippen LogP contribution in [0.25, 0.3) is 0 Å². The van der Waals surface area contributed by atoms with Gasteiger partial charge in [-0.3, -0.25) is 9.78 Å². The molecule has 0 spiro atoms. The highest BCUT2D eigenvalue weighted by Gasteiger charge is 2.01. The summed E-state index contributed by atoms with van der Waals surface area (Å²) in [5, 5.41) is 0. The second kappa shape index (κ2) is 6.43. The quantitative estimate of drug-likeness (QED) is 0.552. The number of carbonyl (C=O) groups is 1. The molecule has 0 saturated carbocycles. The second-order valence-corrected chi connectivity index (χ2v) is 3.75. The molecule has 0 unspecified atom stereocenters. The Hall–Kier alpha value is -1.03. The number of rotatable bonds is 5. The lowest BCUT2D eigenvalue weighted by Gasteiger charge is -2.01. The van der Waals surface area contributed by atoms with Gasteiger partial charge in [0.15, 0.2) is 0 Å². The minimum atomic E-state index is -0.131. The Kier molecular flexibility index (Phi) is 5.07. The molecule has 0 aliphatic carbocycles. The van der Waals surface area contributed by atoms with Crippen LogP contribution in [0.5, 0.6) is 0 Å². The van der Waals surface area contributed by atoms with Crippen molar-refractivity contribution in [2.75, 3.05) is 12.4 Å². The van der Waals surface area contributed by atoms with Gasteiger partial charge in [-0.15, -0.1) is 11.8 Å². The first-order valence-corrected chi connectivity index (χ1v) is 5.50. The first kappa shape index (κ1) is 11.0. The molecule has 0 aliphatic rings. The fourth-order valence-corrected chi connectivity index (χ4v) is 1.74. The van der Waals surface area contributed by atoms with E-state index in [1.54, 1.807) is 24.2 Å². The minimum Gasteiger partial charge on any atom is -0.466 e. The maximum atomic E-state index is 11.0. The van der Waals surface area contributed by atoms with E-state index in [4.69, 9.17) is 4.74 Å². The van der Waals surface area contributed by atoms with Crippen LogP contribution in [-0.4, -0.2) is 23.3 Å². The summed E-state index contributed by atoms with van der Waals surface area (Å²) < 4.78 is 4.82. The van der Waals surface area contributed by atoms with Gasteiger partial charge in [0.1, 0.15) is 0 Å². The van der Waals surface area contributed by atoms with Gasteiger partial charge >= 0.3 is 5.97 Å². The lowest BCUT2D eigenvalue weighted by molar-refractivity contribution is -0.142. The summed E-state index contributed by atoms with van der Waals surface area (Å²) in [4.78, 5) is 16.0. The molecule has 1 aromatic rings. The number of hydrogen-bond donors (Lipinski definition) is 0. The summed E-state index contributed by atoms with van der Waals surface area (Å²) in [5.74, 6) is 0.622. The van der Waals surface area contributed by atoms with Gasteiger partial charge in [0, 0.05) is 23.0 Å². The molecule has 0 fully saturated rings. The molecule has 0 aliphatic heterocycles. The Balaban J connectivity index is 2.19. The highest BCUT2D eigenvalue weighted by Crippen LogP contribution is 2.16. The third-order valence-electron chi connectivity index (χ3n) is 1.53. The fourth-order valence-electron chi connectivity index (χ4n) is 0.920. The minimum absolute atomic E-state index is 0.131. The molecule has 1 rings (SSSR count). The normalized spacial score (nSPS) is 9.79. The summed E-state index contributed by atoms with van der Waals surface area (Å²) in [7, 11) is 0. The Bertz CT molecular complexity index is 277. The molecule has 0 saturated heterocycles. The van der Waals surface area contributed by atoms with Crippen molar-refractivity contribution >= 4 is 17.7 Å². The van der Waals surface area contributed by atoms with Crippen LogP contribution in [0.15, 0.2) is 29.4 Å². The number of aromatic nitrogens is 1. The largest absolute Gasteiger partial charge is 0.466 e. The molecular weight excluding hydrogens is 198 g/mol. The Morgan fingerprint density at radius 2 is 2.21 bits per heavy atom. The molecule has 1 heterocycles. The van der Waals surface area contributed by atoms with Crippen molar-refractivity contribution in [3.63, 3.8) is 0 Å². The number of nitrogens with zero attached hydrogens (tertiary/aromatic N) is 1. The molecule has 3 nitrogen and oxygen atoms in total. The van der Waals surface area contributed by atoms with E-state index in [9.17, 15) is 4.79 Å². The van der Waals surface area contributed by atoms with E-state index in [1.807, 2.05) is 19.1 Å². The standard InChI is InChI=1S/C10H13NO2S/c1-2-13-10(12)5-8-14-9-3-6-11-7-4-9/h3-4,6-7H,2,5,8H2,1H3. The first-order valence-electron chi connectivity index (χ1n) is 4.51. The van der Waals surface area contributed by atoms with Crippen LogP contribution in [0.1, 0.15) is 13.3 Å². The molecule has 0 bridgehead atoms. The van der Waals surface area contributed by atoms with Crippen molar-refractivity contribution in [1.82, 2.24) is 4.98 Å². The number of thioether (sulfide) groups is 1. The summed E-state index contributed by atoms with van der Waals surface area (Å²) in [6, 6.07) is 3.85. The van der Waals surface area contributed by atoms with Crippen LogP contribution in [0.2, 0.25) is 0 Å². The van der Waals surface area contributed by atoms with Gasteiger partial charge in [0.2, 0.25) is 0 Å². The molecular formula is C10H13NO2S. The highest BCUT2D eigenvalue weighted by atomic mass is 32.2. The molecule has 14 heavy (non-hydrogen) atoms. The van der Waals surface area contributed by atoms with Gasteiger partial charge in [-0.2, -0.15) is 0 Å². The predicted molar refractivity (Wildman–Crippen MR) is 56.2 cm³/mol. The molecule has 1 aromatic heterocycles. The van der Waals surface area contributed by atoms with E-state index >= 15 is 0 Å². The average molecular weight is 211 g/mol. The van der Waals surface area contributed by atoms with Crippen LogP contribution in [0.4, 0.5) is 0 Å². The molecule has 0 N–H and O–H groups in total. The van der Waals surface area contributed by atoms with E-state index in [1.165, 1.54) is 0 Å². The fraction of sp³-hybridized carbons (Fsp3) is 0.400.